The lowest BCUT2D eigenvalue weighted by Crippen LogP contribution is -2.52. The van der Waals surface area contributed by atoms with Crippen molar-refractivity contribution in [3.8, 4) is 0 Å². The Morgan fingerprint density at radius 2 is 1.89 bits per heavy atom. The molecule has 2 aromatic rings. The number of carbonyl (C=O) groups excluding carboxylic acids is 2. The smallest absolute Gasteiger partial charge is 0.249 e. The van der Waals surface area contributed by atoms with Crippen LogP contribution in [0.15, 0.2) is 54.6 Å². The molecule has 0 radical (unpaired) electrons. The summed E-state index contributed by atoms with van der Waals surface area (Å²) in [6, 6.07) is 16.6. The number of hydrogen-bond acceptors (Lipinski definition) is 4. The van der Waals surface area contributed by atoms with E-state index in [2.05, 4.69) is 5.32 Å². The maximum atomic E-state index is 12.4. The molecular weight excluding hydrogens is 356 g/mol. The van der Waals surface area contributed by atoms with Gasteiger partial charge in [0.15, 0.2) is 0 Å². The first-order valence-electron chi connectivity index (χ1n) is 9.58. The summed E-state index contributed by atoms with van der Waals surface area (Å²) in [6.45, 7) is 2.16. The number of morpholine rings is 1. The number of carbonyl (C=O) groups is 2. The topological polar surface area (TPSA) is 78.9 Å². The third-order valence-electron chi connectivity index (χ3n) is 4.84. The molecule has 2 N–H and O–H groups in total. The largest absolute Gasteiger partial charge is 0.394 e. The molecule has 0 bridgehead atoms. The van der Waals surface area contributed by atoms with Gasteiger partial charge in [0.2, 0.25) is 11.8 Å². The second kappa shape index (κ2) is 9.48. The number of nitrogens with zero attached hydrogens (tertiary/aromatic N) is 1. The molecular formula is C22H26N2O4. The SMILES string of the molecule is CCCC(=O)Nc1ccc(C2OCC(=O)N(Cc3ccccc3)C2CO)cc1. The van der Waals surface area contributed by atoms with Gasteiger partial charge in [-0.2, -0.15) is 0 Å². The lowest BCUT2D eigenvalue weighted by Gasteiger charge is -2.40. The lowest BCUT2D eigenvalue weighted by molar-refractivity contribution is -0.162. The number of nitrogens with one attached hydrogen (secondary N) is 1. The molecule has 2 aromatic carbocycles. The minimum Gasteiger partial charge on any atom is -0.394 e. The van der Waals surface area contributed by atoms with Crippen molar-refractivity contribution in [1.29, 1.82) is 0 Å². The van der Waals surface area contributed by atoms with Crippen molar-refractivity contribution in [2.24, 2.45) is 0 Å². The number of benzene rings is 2. The van der Waals surface area contributed by atoms with E-state index in [1.54, 1.807) is 4.90 Å². The molecule has 6 nitrogen and oxygen atoms in total. The standard InChI is InChI=1S/C22H26N2O4/c1-2-6-20(26)23-18-11-9-17(10-12-18)22-19(14-25)24(21(27)15-28-22)13-16-7-4-3-5-8-16/h3-5,7-12,19,22,25H,2,6,13-15H2,1H3,(H,23,26). The van der Waals surface area contributed by atoms with Gasteiger partial charge in [-0.15, -0.1) is 0 Å². The van der Waals surface area contributed by atoms with Gasteiger partial charge in [-0.3, -0.25) is 9.59 Å². The summed E-state index contributed by atoms with van der Waals surface area (Å²) < 4.78 is 5.77. The van der Waals surface area contributed by atoms with E-state index in [1.807, 2.05) is 61.5 Å². The summed E-state index contributed by atoms with van der Waals surface area (Å²) in [4.78, 5) is 25.8. The fourth-order valence-electron chi connectivity index (χ4n) is 3.41. The van der Waals surface area contributed by atoms with Crippen molar-refractivity contribution in [3.05, 3.63) is 65.7 Å². The Bertz CT molecular complexity index is 792. The van der Waals surface area contributed by atoms with E-state index in [4.69, 9.17) is 4.74 Å². The fourth-order valence-corrected chi connectivity index (χ4v) is 3.41. The molecule has 1 aliphatic rings. The average molecular weight is 382 g/mol. The van der Waals surface area contributed by atoms with Crippen LogP contribution in [0.25, 0.3) is 0 Å². The quantitative estimate of drug-likeness (QED) is 0.772. The summed E-state index contributed by atoms with van der Waals surface area (Å²) >= 11 is 0. The van der Waals surface area contributed by atoms with Gasteiger partial charge in [0, 0.05) is 18.7 Å². The van der Waals surface area contributed by atoms with Crippen LogP contribution in [0.2, 0.25) is 0 Å². The molecule has 0 saturated carbocycles. The maximum absolute atomic E-state index is 12.4. The zero-order valence-corrected chi connectivity index (χ0v) is 16.0. The zero-order chi connectivity index (χ0) is 19.9. The molecule has 6 heteroatoms. The van der Waals surface area contributed by atoms with Crippen LogP contribution in [0.5, 0.6) is 0 Å². The third-order valence-corrected chi connectivity index (χ3v) is 4.84. The number of ether oxygens (including phenoxy) is 1. The van der Waals surface area contributed by atoms with Gasteiger partial charge in [0.05, 0.1) is 12.6 Å². The van der Waals surface area contributed by atoms with Crippen LogP contribution in [0, 0.1) is 0 Å². The van der Waals surface area contributed by atoms with Crippen LogP contribution in [0.3, 0.4) is 0 Å². The number of rotatable bonds is 7. The highest BCUT2D eigenvalue weighted by atomic mass is 16.5. The molecule has 2 atom stereocenters. The number of hydrogen-bond donors (Lipinski definition) is 2. The highest BCUT2D eigenvalue weighted by molar-refractivity contribution is 5.90. The fraction of sp³-hybridized carbons (Fsp3) is 0.364. The van der Waals surface area contributed by atoms with Crippen molar-refractivity contribution in [3.63, 3.8) is 0 Å². The van der Waals surface area contributed by atoms with E-state index < -0.39 is 12.1 Å². The molecule has 3 rings (SSSR count). The summed E-state index contributed by atoms with van der Waals surface area (Å²) in [5.41, 5.74) is 2.58. The molecule has 2 amide bonds. The van der Waals surface area contributed by atoms with Gasteiger partial charge < -0.3 is 20.1 Å². The normalized spacial score (nSPS) is 19.5. The summed E-state index contributed by atoms with van der Waals surface area (Å²) in [5, 5.41) is 12.8. The van der Waals surface area contributed by atoms with Gasteiger partial charge >= 0.3 is 0 Å². The van der Waals surface area contributed by atoms with E-state index in [1.165, 1.54) is 0 Å². The van der Waals surface area contributed by atoms with Crippen molar-refractivity contribution in [2.75, 3.05) is 18.5 Å². The van der Waals surface area contributed by atoms with Crippen molar-refractivity contribution in [1.82, 2.24) is 4.90 Å². The highest BCUT2D eigenvalue weighted by Gasteiger charge is 2.37. The summed E-state index contributed by atoms with van der Waals surface area (Å²) in [5.74, 6) is -0.153. The minimum absolute atomic E-state index is 0.0166. The second-order valence-electron chi connectivity index (χ2n) is 6.91. The predicted molar refractivity (Wildman–Crippen MR) is 107 cm³/mol. The summed E-state index contributed by atoms with van der Waals surface area (Å²) in [7, 11) is 0. The van der Waals surface area contributed by atoms with E-state index in [0.717, 1.165) is 23.2 Å². The van der Waals surface area contributed by atoms with E-state index >= 15 is 0 Å². The van der Waals surface area contributed by atoms with Crippen LogP contribution in [0.1, 0.15) is 37.0 Å². The Hall–Kier alpha value is -2.70. The average Bonchev–Trinajstić information content (AvgIpc) is 2.71. The van der Waals surface area contributed by atoms with Crippen molar-refractivity contribution < 1.29 is 19.4 Å². The molecule has 1 aliphatic heterocycles. The predicted octanol–water partition coefficient (Wildman–Crippen LogP) is 2.89. The Morgan fingerprint density at radius 3 is 2.54 bits per heavy atom. The van der Waals surface area contributed by atoms with Crippen LogP contribution in [-0.4, -0.2) is 41.1 Å². The van der Waals surface area contributed by atoms with E-state index in [9.17, 15) is 14.7 Å². The Kier molecular flexibility index (Phi) is 6.79. The Labute approximate surface area is 165 Å². The molecule has 1 fully saturated rings. The molecule has 0 aliphatic carbocycles. The first kappa shape index (κ1) is 20.0. The monoisotopic (exact) mass is 382 g/mol. The summed E-state index contributed by atoms with van der Waals surface area (Å²) in [6.07, 6.45) is 0.853. The van der Waals surface area contributed by atoms with E-state index in [-0.39, 0.29) is 25.0 Å². The van der Waals surface area contributed by atoms with Gasteiger partial charge in [-0.1, -0.05) is 49.4 Å². The Balaban J connectivity index is 1.75. The molecule has 1 saturated heterocycles. The zero-order valence-electron chi connectivity index (χ0n) is 16.0. The highest BCUT2D eigenvalue weighted by Crippen LogP contribution is 2.30. The number of aliphatic hydroxyl groups is 1. The van der Waals surface area contributed by atoms with Crippen molar-refractivity contribution in [2.45, 2.75) is 38.5 Å². The number of aliphatic hydroxyl groups excluding tert-OH is 1. The van der Waals surface area contributed by atoms with Gasteiger partial charge in [0.25, 0.3) is 0 Å². The maximum Gasteiger partial charge on any atom is 0.249 e. The molecule has 0 aromatic heterocycles. The molecule has 148 valence electrons. The lowest BCUT2D eigenvalue weighted by atomic mass is 9.98. The molecule has 28 heavy (non-hydrogen) atoms. The van der Waals surface area contributed by atoms with Crippen LogP contribution >= 0.6 is 0 Å². The van der Waals surface area contributed by atoms with Gasteiger partial charge in [-0.05, 0) is 29.7 Å². The van der Waals surface area contributed by atoms with Gasteiger partial charge in [-0.25, -0.2) is 0 Å². The number of anilines is 1. The number of amides is 2. The minimum atomic E-state index is -0.470. The molecule has 0 spiro atoms. The van der Waals surface area contributed by atoms with Crippen molar-refractivity contribution >= 4 is 17.5 Å². The van der Waals surface area contributed by atoms with E-state index in [0.29, 0.717) is 13.0 Å². The van der Waals surface area contributed by atoms with Gasteiger partial charge in [0.1, 0.15) is 12.7 Å². The first-order chi connectivity index (χ1) is 13.6. The van der Waals surface area contributed by atoms with Crippen LogP contribution in [-0.2, 0) is 20.9 Å². The molecule has 2 unspecified atom stereocenters. The second-order valence-corrected chi connectivity index (χ2v) is 6.91. The third kappa shape index (κ3) is 4.77. The van der Waals surface area contributed by atoms with Crippen LogP contribution in [0.4, 0.5) is 5.69 Å². The first-order valence-corrected chi connectivity index (χ1v) is 9.58. The Morgan fingerprint density at radius 1 is 1.18 bits per heavy atom. The molecule has 1 heterocycles. The van der Waals surface area contributed by atoms with Crippen LogP contribution < -0.4 is 5.32 Å².